The number of phenols is 1. The summed E-state index contributed by atoms with van der Waals surface area (Å²) in [4.78, 5) is 11.7. The summed E-state index contributed by atoms with van der Waals surface area (Å²) in [5.74, 6) is 0.563. The van der Waals surface area contributed by atoms with Gasteiger partial charge in [0.05, 0.1) is 13.0 Å². The van der Waals surface area contributed by atoms with Crippen LogP contribution in [0.4, 0.5) is 11.4 Å². The van der Waals surface area contributed by atoms with Crippen molar-refractivity contribution in [2.24, 2.45) is 0 Å². The number of ether oxygens (including phenoxy) is 1. The summed E-state index contributed by atoms with van der Waals surface area (Å²) < 4.78 is 5.43. The summed E-state index contributed by atoms with van der Waals surface area (Å²) in [7, 11) is 0. The van der Waals surface area contributed by atoms with Crippen LogP contribution in [0.25, 0.3) is 0 Å². The summed E-state index contributed by atoms with van der Waals surface area (Å²) in [6.07, 6.45) is 0.213. The third-order valence-electron chi connectivity index (χ3n) is 2.59. The number of nitrogens with one attached hydrogen (secondary N) is 1. The number of aromatic hydroxyl groups is 1. The van der Waals surface area contributed by atoms with Crippen molar-refractivity contribution < 1.29 is 14.6 Å². The topological polar surface area (TPSA) is 84.6 Å². The lowest BCUT2D eigenvalue weighted by Gasteiger charge is -2.08. The number of phenolic OH excluding ortho intramolecular Hbond substituents is 1. The quantitative estimate of drug-likeness (QED) is 0.730. The van der Waals surface area contributed by atoms with E-state index >= 15 is 0 Å². The van der Waals surface area contributed by atoms with E-state index in [1.54, 1.807) is 42.5 Å². The van der Waals surface area contributed by atoms with Crippen molar-refractivity contribution in [1.82, 2.24) is 0 Å². The van der Waals surface area contributed by atoms with E-state index in [0.29, 0.717) is 17.1 Å². The van der Waals surface area contributed by atoms with E-state index in [1.807, 2.05) is 0 Å². The number of hydrogen-bond donors (Lipinski definition) is 3. The van der Waals surface area contributed by atoms with Gasteiger partial charge in [-0.05, 0) is 24.3 Å². The molecule has 0 aliphatic heterocycles. The van der Waals surface area contributed by atoms with Crippen LogP contribution in [-0.2, 0) is 4.79 Å². The highest BCUT2D eigenvalue weighted by Gasteiger charge is 2.03. The smallest absolute Gasteiger partial charge is 0.227 e. The molecular formula is C15H16N2O3. The molecule has 20 heavy (non-hydrogen) atoms. The summed E-state index contributed by atoms with van der Waals surface area (Å²) in [6.45, 7) is 0.258. The standard InChI is InChI=1S/C15H16N2O3/c16-11-3-1-6-14(9-11)20-8-7-15(19)17-12-4-2-5-13(18)10-12/h1-6,9-10,18H,7-8,16H2,(H,17,19). The van der Waals surface area contributed by atoms with Gasteiger partial charge in [-0.1, -0.05) is 12.1 Å². The van der Waals surface area contributed by atoms with Crippen molar-refractivity contribution in [3.05, 3.63) is 48.5 Å². The van der Waals surface area contributed by atoms with Crippen LogP contribution in [0.5, 0.6) is 11.5 Å². The molecule has 0 aromatic heterocycles. The lowest BCUT2D eigenvalue weighted by atomic mass is 10.3. The maximum Gasteiger partial charge on any atom is 0.227 e. The first kappa shape index (κ1) is 13.7. The van der Waals surface area contributed by atoms with Gasteiger partial charge in [0.2, 0.25) is 5.91 Å². The number of amides is 1. The average Bonchev–Trinajstić information content (AvgIpc) is 2.38. The van der Waals surface area contributed by atoms with Crippen LogP contribution in [-0.4, -0.2) is 17.6 Å². The molecule has 0 saturated heterocycles. The first-order valence-corrected chi connectivity index (χ1v) is 6.21. The number of nitrogen functional groups attached to an aromatic ring is 1. The molecule has 5 nitrogen and oxygen atoms in total. The fourth-order valence-electron chi connectivity index (χ4n) is 1.67. The largest absolute Gasteiger partial charge is 0.508 e. The van der Waals surface area contributed by atoms with Crippen LogP contribution in [0, 0.1) is 0 Å². The molecule has 2 rings (SSSR count). The average molecular weight is 272 g/mol. The van der Waals surface area contributed by atoms with Crippen LogP contribution >= 0.6 is 0 Å². The Morgan fingerprint density at radius 1 is 1.20 bits per heavy atom. The van der Waals surface area contributed by atoms with Gasteiger partial charge in [0, 0.05) is 23.5 Å². The number of carbonyl (C=O) groups excluding carboxylic acids is 1. The lowest BCUT2D eigenvalue weighted by Crippen LogP contribution is -2.15. The number of anilines is 2. The Balaban J connectivity index is 1.78. The zero-order valence-corrected chi connectivity index (χ0v) is 10.9. The summed E-state index contributed by atoms with van der Waals surface area (Å²) in [6, 6.07) is 13.4. The van der Waals surface area contributed by atoms with Crippen molar-refractivity contribution >= 4 is 17.3 Å². The van der Waals surface area contributed by atoms with Gasteiger partial charge in [0.1, 0.15) is 11.5 Å². The molecule has 2 aromatic rings. The summed E-state index contributed by atoms with van der Waals surface area (Å²) >= 11 is 0. The first-order valence-electron chi connectivity index (χ1n) is 6.21. The van der Waals surface area contributed by atoms with Gasteiger partial charge >= 0.3 is 0 Å². The van der Waals surface area contributed by atoms with Crippen molar-refractivity contribution in [3.8, 4) is 11.5 Å². The van der Waals surface area contributed by atoms with Crippen molar-refractivity contribution in [3.63, 3.8) is 0 Å². The molecule has 2 aromatic carbocycles. The normalized spacial score (nSPS) is 10.0. The Morgan fingerprint density at radius 3 is 2.75 bits per heavy atom. The molecule has 0 atom stereocenters. The van der Waals surface area contributed by atoms with Crippen LogP contribution in [0.2, 0.25) is 0 Å². The van der Waals surface area contributed by atoms with E-state index in [-0.39, 0.29) is 24.7 Å². The molecule has 0 bridgehead atoms. The lowest BCUT2D eigenvalue weighted by molar-refractivity contribution is -0.116. The fourth-order valence-corrected chi connectivity index (χ4v) is 1.67. The van der Waals surface area contributed by atoms with Gasteiger partial charge in [0.25, 0.3) is 0 Å². The zero-order valence-electron chi connectivity index (χ0n) is 10.9. The molecule has 0 unspecified atom stereocenters. The molecule has 104 valence electrons. The SMILES string of the molecule is Nc1cccc(OCCC(=O)Nc2cccc(O)c2)c1. The third-order valence-corrected chi connectivity index (χ3v) is 2.59. The van der Waals surface area contributed by atoms with Gasteiger partial charge < -0.3 is 20.9 Å². The van der Waals surface area contributed by atoms with Gasteiger partial charge in [-0.15, -0.1) is 0 Å². The molecule has 0 heterocycles. The van der Waals surface area contributed by atoms with Gasteiger partial charge in [-0.2, -0.15) is 0 Å². The molecule has 0 aliphatic carbocycles. The Bertz CT molecular complexity index is 599. The van der Waals surface area contributed by atoms with E-state index in [9.17, 15) is 9.90 Å². The van der Waals surface area contributed by atoms with E-state index < -0.39 is 0 Å². The van der Waals surface area contributed by atoms with Crippen LogP contribution in [0.1, 0.15) is 6.42 Å². The number of hydrogen-bond acceptors (Lipinski definition) is 4. The molecule has 1 amide bonds. The van der Waals surface area contributed by atoms with Crippen molar-refractivity contribution in [2.75, 3.05) is 17.7 Å². The fraction of sp³-hybridized carbons (Fsp3) is 0.133. The minimum absolute atomic E-state index is 0.110. The van der Waals surface area contributed by atoms with Crippen molar-refractivity contribution in [2.45, 2.75) is 6.42 Å². The third kappa shape index (κ3) is 4.20. The van der Waals surface area contributed by atoms with E-state index in [2.05, 4.69) is 5.32 Å². The number of rotatable bonds is 5. The summed E-state index contributed by atoms with van der Waals surface area (Å²) in [5, 5.41) is 12.0. The second-order valence-corrected chi connectivity index (χ2v) is 4.27. The second kappa shape index (κ2) is 6.47. The van der Waals surface area contributed by atoms with Crippen molar-refractivity contribution in [1.29, 1.82) is 0 Å². The zero-order chi connectivity index (χ0) is 14.4. The van der Waals surface area contributed by atoms with Crippen LogP contribution in [0.15, 0.2) is 48.5 Å². The molecule has 0 saturated carbocycles. The highest BCUT2D eigenvalue weighted by Crippen LogP contribution is 2.16. The number of benzene rings is 2. The summed E-state index contributed by atoms with van der Waals surface area (Å²) in [5.41, 5.74) is 6.80. The Kier molecular flexibility index (Phi) is 4.44. The Hall–Kier alpha value is -2.69. The predicted molar refractivity (Wildman–Crippen MR) is 77.7 cm³/mol. The molecular weight excluding hydrogens is 256 g/mol. The first-order chi connectivity index (χ1) is 9.63. The molecule has 0 spiro atoms. The highest BCUT2D eigenvalue weighted by atomic mass is 16.5. The second-order valence-electron chi connectivity index (χ2n) is 4.27. The minimum atomic E-state index is -0.181. The monoisotopic (exact) mass is 272 g/mol. The highest BCUT2D eigenvalue weighted by molar-refractivity contribution is 5.90. The predicted octanol–water partition coefficient (Wildman–Crippen LogP) is 2.38. The molecule has 4 N–H and O–H groups in total. The Morgan fingerprint density at radius 2 is 2.00 bits per heavy atom. The number of carbonyl (C=O) groups is 1. The Labute approximate surface area is 117 Å². The molecule has 0 radical (unpaired) electrons. The van der Waals surface area contributed by atoms with Gasteiger partial charge in [-0.3, -0.25) is 4.79 Å². The van der Waals surface area contributed by atoms with Gasteiger partial charge in [-0.25, -0.2) is 0 Å². The van der Waals surface area contributed by atoms with E-state index in [0.717, 1.165) is 0 Å². The number of nitrogens with two attached hydrogens (primary N) is 1. The van der Waals surface area contributed by atoms with Gasteiger partial charge in [0.15, 0.2) is 0 Å². The van der Waals surface area contributed by atoms with E-state index in [1.165, 1.54) is 6.07 Å². The maximum atomic E-state index is 11.7. The van der Waals surface area contributed by atoms with Crippen LogP contribution in [0.3, 0.4) is 0 Å². The molecule has 5 heteroatoms. The molecule has 0 fully saturated rings. The van der Waals surface area contributed by atoms with E-state index in [4.69, 9.17) is 10.5 Å². The van der Waals surface area contributed by atoms with Crippen LogP contribution < -0.4 is 15.8 Å². The maximum absolute atomic E-state index is 11.7. The molecule has 0 aliphatic rings. The minimum Gasteiger partial charge on any atom is -0.508 e.